The fourth-order valence-electron chi connectivity index (χ4n) is 5.25. The van der Waals surface area contributed by atoms with E-state index >= 15 is 0 Å². The molecule has 2 aliphatic rings. The molecule has 2 unspecified atom stereocenters. The number of nitrogens with zero attached hydrogens (tertiary/aromatic N) is 1. The largest absolute Gasteiger partial charge is 0.495 e. The first-order valence-corrected chi connectivity index (χ1v) is 10.6. The van der Waals surface area contributed by atoms with Gasteiger partial charge in [-0.25, -0.2) is 0 Å². The zero-order chi connectivity index (χ0) is 22.4. The van der Waals surface area contributed by atoms with Gasteiger partial charge in [0.15, 0.2) is 5.78 Å². The fraction of sp³-hybridized carbons (Fsp3) is 0.400. The first-order valence-electron chi connectivity index (χ1n) is 10.6. The molecule has 0 aliphatic heterocycles. The number of carbonyl (C=O) groups excluding carboxylic acids is 2. The third kappa shape index (κ3) is 2.88. The summed E-state index contributed by atoms with van der Waals surface area (Å²) in [4.78, 5) is 27.4. The molecule has 2 atom stereocenters. The molecule has 0 spiro atoms. The third-order valence-corrected chi connectivity index (χ3v) is 7.63. The topological polar surface area (TPSA) is 79.8 Å². The van der Waals surface area contributed by atoms with Gasteiger partial charge in [-0.05, 0) is 55.0 Å². The fourth-order valence-corrected chi connectivity index (χ4v) is 5.25. The number of aryl methyl sites for hydroxylation is 1. The monoisotopic (exact) mass is 419 g/mol. The normalized spacial score (nSPS) is 27.4. The van der Waals surface area contributed by atoms with E-state index in [2.05, 4.69) is 15.8 Å². The minimum Gasteiger partial charge on any atom is -0.495 e. The molecule has 2 N–H and O–H groups in total. The lowest BCUT2D eigenvalue weighted by atomic mass is 9.64. The van der Waals surface area contributed by atoms with Gasteiger partial charge >= 0.3 is 0 Å². The zero-order valence-electron chi connectivity index (χ0n) is 18.7. The van der Waals surface area contributed by atoms with E-state index < -0.39 is 16.2 Å². The van der Waals surface area contributed by atoms with Gasteiger partial charge in [0.25, 0.3) is 0 Å². The molecule has 2 saturated carbocycles. The average molecular weight is 420 g/mol. The molecule has 2 fully saturated rings. The number of anilines is 2. The summed E-state index contributed by atoms with van der Waals surface area (Å²) in [6, 6.07) is 15.1. The van der Waals surface area contributed by atoms with Crippen molar-refractivity contribution in [1.29, 1.82) is 0 Å². The molecule has 1 amide bonds. The maximum Gasteiger partial charge on any atom is 0.239 e. The molecule has 2 aliphatic carbocycles. The second-order valence-electron chi connectivity index (χ2n) is 9.29. The van der Waals surface area contributed by atoms with Gasteiger partial charge in [0.1, 0.15) is 16.9 Å². The third-order valence-electron chi connectivity index (χ3n) is 7.63. The molecule has 2 bridgehead atoms. The smallest absolute Gasteiger partial charge is 0.239 e. The van der Waals surface area contributed by atoms with E-state index in [1.807, 2.05) is 76.2 Å². The van der Waals surface area contributed by atoms with Crippen LogP contribution in [0.2, 0.25) is 0 Å². The van der Waals surface area contributed by atoms with E-state index in [-0.39, 0.29) is 11.7 Å². The molecule has 0 heterocycles. The Hall–Kier alpha value is -3.15. The van der Waals surface area contributed by atoms with Gasteiger partial charge in [-0.1, -0.05) is 45.0 Å². The van der Waals surface area contributed by atoms with Crippen molar-refractivity contribution in [3.05, 3.63) is 54.1 Å². The Balaban J connectivity index is 1.71. The highest BCUT2D eigenvalue weighted by atomic mass is 16.5. The molecule has 4 rings (SSSR count). The highest BCUT2D eigenvalue weighted by Gasteiger charge is 2.76. The number of ketones is 1. The van der Waals surface area contributed by atoms with Crippen molar-refractivity contribution in [1.82, 2.24) is 0 Å². The Morgan fingerprint density at radius 3 is 2.45 bits per heavy atom. The Labute approximate surface area is 183 Å². The number of Topliss-reactive ketones (excluding diaryl/α,β-unsaturated/α-hetero) is 1. The molecule has 6 nitrogen and oxygen atoms in total. The van der Waals surface area contributed by atoms with E-state index in [9.17, 15) is 9.59 Å². The van der Waals surface area contributed by atoms with Gasteiger partial charge in [0.05, 0.1) is 18.5 Å². The van der Waals surface area contributed by atoms with E-state index in [0.29, 0.717) is 23.6 Å². The molecule has 0 radical (unpaired) electrons. The lowest BCUT2D eigenvalue weighted by Gasteiger charge is -2.37. The van der Waals surface area contributed by atoms with Crippen LogP contribution in [0.15, 0.2) is 53.6 Å². The van der Waals surface area contributed by atoms with Crippen LogP contribution < -0.4 is 15.5 Å². The number of fused-ring (bicyclic) bond motifs is 2. The van der Waals surface area contributed by atoms with Crippen LogP contribution in [-0.2, 0) is 9.59 Å². The maximum absolute atomic E-state index is 13.7. The summed E-state index contributed by atoms with van der Waals surface area (Å²) in [5.41, 5.74) is 3.57. The van der Waals surface area contributed by atoms with E-state index in [1.165, 1.54) is 0 Å². The summed E-state index contributed by atoms with van der Waals surface area (Å²) < 4.78 is 5.41. The Morgan fingerprint density at radius 1 is 1.06 bits per heavy atom. The number of hydrazone groups is 1. The lowest BCUT2D eigenvalue weighted by molar-refractivity contribution is -0.140. The van der Waals surface area contributed by atoms with Gasteiger partial charge in [0.2, 0.25) is 5.91 Å². The Kier molecular flexibility index (Phi) is 4.91. The number of hydrogen-bond acceptors (Lipinski definition) is 5. The van der Waals surface area contributed by atoms with Crippen molar-refractivity contribution >= 4 is 28.8 Å². The predicted molar refractivity (Wildman–Crippen MR) is 122 cm³/mol. The first-order chi connectivity index (χ1) is 14.7. The number of hydrogen-bond donors (Lipinski definition) is 2. The summed E-state index contributed by atoms with van der Waals surface area (Å²) in [5.74, 6) is 0.0813. The molecular weight excluding hydrogens is 390 g/mol. The van der Waals surface area contributed by atoms with E-state index in [0.717, 1.165) is 17.7 Å². The first kappa shape index (κ1) is 21.1. The van der Waals surface area contributed by atoms with Crippen LogP contribution in [0.4, 0.5) is 11.4 Å². The highest BCUT2D eigenvalue weighted by Crippen LogP contribution is 2.69. The molecule has 2 aromatic rings. The second kappa shape index (κ2) is 7.22. The average Bonchev–Trinajstić information content (AvgIpc) is 3.02. The van der Waals surface area contributed by atoms with Gasteiger partial charge in [0, 0.05) is 5.41 Å². The number of para-hydroxylation sites is 1. The molecule has 2 aromatic carbocycles. The number of methoxy groups -OCH3 is 1. The number of rotatable bonds is 5. The maximum atomic E-state index is 13.7. The summed E-state index contributed by atoms with van der Waals surface area (Å²) >= 11 is 0. The van der Waals surface area contributed by atoms with Crippen molar-refractivity contribution < 1.29 is 14.3 Å². The summed E-state index contributed by atoms with van der Waals surface area (Å²) in [5, 5.41) is 7.52. The summed E-state index contributed by atoms with van der Waals surface area (Å²) in [6.07, 6.45) is 1.22. The number of benzene rings is 2. The van der Waals surface area contributed by atoms with Gasteiger partial charge in [-0.2, -0.15) is 5.10 Å². The summed E-state index contributed by atoms with van der Waals surface area (Å²) in [6.45, 7) is 8.02. The number of carbonyl (C=O) groups is 2. The van der Waals surface area contributed by atoms with Gasteiger partial charge in [-0.3, -0.25) is 15.0 Å². The van der Waals surface area contributed by atoms with Crippen molar-refractivity contribution in [2.45, 2.75) is 40.5 Å². The standard InChI is InChI=1S/C25H29N3O3/c1-16-11-12-19(31-5)18(15-16)26-22(30)25-14-13-24(4,23(25,2)3)20(21(25)29)28-27-17-9-7-6-8-10-17/h6-12,15,27H,13-14H2,1-5H3,(H,26,30)/b28-20+. The Bertz CT molecular complexity index is 1080. The van der Waals surface area contributed by atoms with Crippen LogP contribution in [0.25, 0.3) is 0 Å². The molecule has 31 heavy (non-hydrogen) atoms. The molecule has 0 saturated heterocycles. The van der Waals surface area contributed by atoms with Crippen LogP contribution in [0, 0.1) is 23.2 Å². The molecule has 6 heteroatoms. The number of nitrogens with one attached hydrogen (secondary N) is 2. The van der Waals surface area contributed by atoms with Gasteiger partial charge in [-0.15, -0.1) is 0 Å². The molecular formula is C25H29N3O3. The van der Waals surface area contributed by atoms with E-state index in [4.69, 9.17) is 4.74 Å². The van der Waals surface area contributed by atoms with E-state index in [1.54, 1.807) is 7.11 Å². The van der Waals surface area contributed by atoms with Crippen LogP contribution >= 0.6 is 0 Å². The number of amides is 1. The molecule has 162 valence electrons. The predicted octanol–water partition coefficient (Wildman–Crippen LogP) is 4.81. The lowest BCUT2D eigenvalue weighted by Crippen LogP contribution is -2.47. The summed E-state index contributed by atoms with van der Waals surface area (Å²) in [7, 11) is 1.57. The number of ether oxygens (including phenoxy) is 1. The van der Waals surface area contributed by atoms with Crippen molar-refractivity contribution in [3.63, 3.8) is 0 Å². The van der Waals surface area contributed by atoms with Crippen LogP contribution in [0.1, 0.15) is 39.2 Å². The Morgan fingerprint density at radius 2 is 1.77 bits per heavy atom. The minimum absolute atomic E-state index is 0.196. The van der Waals surface area contributed by atoms with Crippen molar-refractivity contribution in [2.75, 3.05) is 17.9 Å². The van der Waals surface area contributed by atoms with Crippen LogP contribution in [0.5, 0.6) is 5.75 Å². The second-order valence-corrected chi connectivity index (χ2v) is 9.29. The van der Waals surface area contributed by atoms with Crippen LogP contribution in [0.3, 0.4) is 0 Å². The highest BCUT2D eigenvalue weighted by molar-refractivity contribution is 6.51. The quantitative estimate of drug-likeness (QED) is 0.539. The molecule has 0 aromatic heterocycles. The van der Waals surface area contributed by atoms with Gasteiger partial charge < -0.3 is 10.1 Å². The van der Waals surface area contributed by atoms with Crippen molar-refractivity contribution in [2.24, 2.45) is 21.3 Å². The SMILES string of the molecule is COc1ccc(C)cc1NC(=O)C12CCC(C)(/C(=N/Nc3ccccc3)C1=O)C2(C)C. The van der Waals surface area contributed by atoms with Crippen molar-refractivity contribution in [3.8, 4) is 5.75 Å². The minimum atomic E-state index is -1.17. The zero-order valence-corrected chi connectivity index (χ0v) is 18.7. The van der Waals surface area contributed by atoms with Crippen LogP contribution in [-0.4, -0.2) is 24.5 Å².